The molecular formula is C22H27NO4S. The van der Waals surface area contributed by atoms with E-state index in [0.717, 1.165) is 35.1 Å². The molecule has 0 N–H and O–H groups in total. The van der Waals surface area contributed by atoms with Gasteiger partial charge in [0.1, 0.15) is 6.54 Å². The molecule has 0 unspecified atom stereocenters. The molecule has 1 aromatic rings. The molecule has 3 rings (SSSR count). The molecule has 1 aliphatic heterocycles. The fourth-order valence-corrected chi connectivity index (χ4v) is 4.66. The highest BCUT2D eigenvalue weighted by Gasteiger charge is 2.38. The fraction of sp³-hybridized carbons (Fsp3) is 0.500. The van der Waals surface area contributed by atoms with Gasteiger partial charge in [-0.1, -0.05) is 45.9 Å². The van der Waals surface area contributed by atoms with E-state index in [2.05, 4.69) is 39.8 Å². The van der Waals surface area contributed by atoms with Crippen molar-refractivity contribution in [1.82, 2.24) is 4.90 Å². The number of imide groups is 1. The Kier molecular flexibility index (Phi) is 5.45. The highest BCUT2D eigenvalue weighted by atomic mass is 32.2. The van der Waals surface area contributed by atoms with Crippen molar-refractivity contribution in [2.75, 3.05) is 13.2 Å². The first-order valence-electron chi connectivity index (χ1n) is 9.61. The number of nitrogens with zero attached hydrogens (tertiary/aromatic N) is 1. The maximum Gasteiger partial charge on any atom is 0.326 e. The third-order valence-corrected chi connectivity index (χ3v) is 6.55. The van der Waals surface area contributed by atoms with E-state index >= 15 is 0 Å². The van der Waals surface area contributed by atoms with Crippen molar-refractivity contribution >= 4 is 35.0 Å². The summed E-state index contributed by atoms with van der Waals surface area (Å²) in [6, 6.07) is 6.28. The first-order valence-corrected chi connectivity index (χ1v) is 10.4. The Labute approximate surface area is 170 Å². The van der Waals surface area contributed by atoms with Crippen LogP contribution in [-0.2, 0) is 25.2 Å². The van der Waals surface area contributed by atoms with Crippen LogP contribution in [0.25, 0.3) is 6.08 Å². The molecule has 0 aromatic heterocycles. The number of hydrogen-bond acceptors (Lipinski definition) is 5. The van der Waals surface area contributed by atoms with Crippen molar-refractivity contribution < 1.29 is 19.1 Å². The molecule has 0 bridgehead atoms. The number of fused-ring (bicyclic) bond motifs is 1. The minimum Gasteiger partial charge on any atom is -0.465 e. The second-order valence-corrected chi connectivity index (χ2v) is 9.64. The van der Waals surface area contributed by atoms with E-state index in [1.165, 1.54) is 11.1 Å². The summed E-state index contributed by atoms with van der Waals surface area (Å²) in [6.45, 7) is 10.6. The minimum atomic E-state index is -0.580. The van der Waals surface area contributed by atoms with Gasteiger partial charge < -0.3 is 4.74 Å². The number of thioether (sulfide) groups is 1. The number of hydrogen-bond donors (Lipinski definition) is 0. The summed E-state index contributed by atoms with van der Waals surface area (Å²) in [5.74, 6) is -1.02. The number of esters is 1. The van der Waals surface area contributed by atoms with E-state index in [1.54, 1.807) is 13.0 Å². The predicted octanol–water partition coefficient (Wildman–Crippen LogP) is 4.64. The molecule has 0 atom stereocenters. The van der Waals surface area contributed by atoms with Gasteiger partial charge in [-0.15, -0.1) is 0 Å². The quantitative estimate of drug-likeness (QED) is 0.543. The van der Waals surface area contributed by atoms with E-state index in [1.807, 2.05) is 6.07 Å². The Hall–Kier alpha value is -2.08. The third-order valence-electron chi connectivity index (χ3n) is 5.64. The van der Waals surface area contributed by atoms with Crippen molar-refractivity contribution in [3.63, 3.8) is 0 Å². The molecule has 28 heavy (non-hydrogen) atoms. The van der Waals surface area contributed by atoms with E-state index in [-0.39, 0.29) is 24.0 Å². The largest absolute Gasteiger partial charge is 0.465 e. The maximum atomic E-state index is 12.6. The number of carbonyl (C=O) groups is 3. The van der Waals surface area contributed by atoms with Crippen LogP contribution in [0.3, 0.4) is 0 Å². The van der Waals surface area contributed by atoms with E-state index in [9.17, 15) is 14.4 Å². The standard InChI is InChI=1S/C22H27NO4S/c1-6-27-18(24)13-23-19(25)17(28-20(23)26)12-14-7-8-15-16(11-14)22(4,5)10-9-21(15,2)3/h7-8,11-12H,6,9-10,13H2,1-5H3/b17-12-. The second kappa shape index (κ2) is 7.39. The Balaban J connectivity index is 1.89. The molecule has 0 spiro atoms. The Morgan fingerprint density at radius 2 is 1.79 bits per heavy atom. The normalized spacial score (nSPS) is 21.8. The van der Waals surface area contributed by atoms with Gasteiger partial charge in [0.15, 0.2) is 0 Å². The lowest BCUT2D eigenvalue weighted by Crippen LogP contribution is -2.34. The lowest BCUT2D eigenvalue weighted by atomic mass is 9.63. The molecule has 1 aromatic carbocycles. The lowest BCUT2D eigenvalue weighted by molar-refractivity contribution is -0.145. The monoisotopic (exact) mass is 401 g/mol. The van der Waals surface area contributed by atoms with Gasteiger partial charge in [-0.2, -0.15) is 0 Å². The third kappa shape index (κ3) is 3.88. The summed E-state index contributed by atoms with van der Waals surface area (Å²) in [6.07, 6.45) is 3.99. The number of ether oxygens (including phenoxy) is 1. The zero-order valence-corrected chi connectivity index (χ0v) is 17.9. The van der Waals surface area contributed by atoms with E-state index < -0.39 is 17.1 Å². The summed E-state index contributed by atoms with van der Waals surface area (Å²) >= 11 is 0.865. The Morgan fingerprint density at radius 1 is 1.14 bits per heavy atom. The van der Waals surface area contributed by atoms with Crippen LogP contribution < -0.4 is 0 Å². The summed E-state index contributed by atoms with van der Waals surface area (Å²) < 4.78 is 4.84. The Bertz CT molecular complexity index is 869. The fourth-order valence-electron chi connectivity index (χ4n) is 3.82. The van der Waals surface area contributed by atoms with Crippen LogP contribution in [0.15, 0.2) is 23.1 Å². The summed E-state index contributed by atoms with van der Waals surface area (Å²) in [5.41, 5.74) is 3.73. The minimum absolute atomic E-state index is 0.0674. The van der Waals surface area contributed by atoms with Gasteiger partial charge in [-0.3, -0.25) is 19.3 Å². The first kappa shape index (κ1) is 20.6. The van der Waals surface area contributed by atoms with Crippen molar-refractivity contribution in [3.8, 4) is 0 Å². The molecule has 1 aliphatic carbocycles. The number of carbonyl (C=O) groups excluding carboxylic acids is 3. The molecule has 1 heterocycles. The van der Waals surface area contributed by atoms with E-state index in [4.69, 9.17) is 4.74 Å². The number of benzene rings is 1. The summed E-state index contributed by atoms with van der Waals surface area (Å²) in [4.78, 5) is 37.7. The van der Waals surface area contributed by atoms with Gasteiger partial charge in [0.2, 0.25) is 0 Å². The van der Waals surface area contributed by atoms with Gasteiger partial charge >= 0.3 is 5.97 Å². The van der Waals surface area contributed by atoms with Gasteiger partial charge in [0.05, 0.1) is 11.5 Å². The summed E-state index contributed by atoms with van der Waals surface area (Å²) in [7, 11) is 0. The number of amides is 2. The molecule has 6 heteroatoms. The number of rotatable bonds is 4. The average Bonchev–Trinajstić information content (AvgIpc) is 2.87. The SMILES string of the molecule is CCOC(=O)CN1C(=O)S/C(=C\c2ccc3c(c2)C(C)(C)CCC3(C)C)C1=O. The topological polar surface area (TPSA) is 63.7 Å². The van der Waals surface area contributed by atoms with Gasteiger partial charge in [-0.25, -0.2) is 0 Å². The van der Waals surface area contributed by atoms with Crippen LogP contribution >= 0.6 is 11.8 Å². The molecule has 5 nitrogen and oxygen atoms in total. The molecule has 2 aliphatic rings. The van der Waals surface area contributed by atoms with Crippen LogP contribution in [0.1, 0.15) is 64.2 Å². The van der Waals surface area contributed by atoms with Gasteiger partial charge in [-0.05, 0) is 65.1 Å². The molecule has 1 fully saturated rings. The van der Waals surface area contributed by atoms with Crippen LogP contribution in [0.5, 0.6) is 0 Å². The average molecular weight is 402 g/mol. The van der Waals surface area contributed by atoms with Crippen LogP contribution in [0.2, 0.25) is 0 Å². The highest BCUT2D eigenvalue weighted by molar-refractivity contribution is 8.18. The molecule has 1 saturated heterocycles. The van der Waals surface area contributed by atoms with Crippen molar-refractivity contribution in [2.24, 2.45) is 0 Å². The molecule has 2 amide bonds. The van der Waals surface area contributed by atoms with Crippen LogP contribution in [0.4, 0.5) is 4.79 Å². The lowest BCUT2D eigenvalue weighted by Gasteiger charge is -2.42. The van der Waals surface area contributed by atoms with Crippen molar-refractivity contribution in [2.45, 2.75) is 58.3 Å². The van der Waals surface area contributed by atoms with Crippen LogP contribution in [0, 0.1) is 0 Å². The summed E-state index contributed by atoms with van der Waals surface area (Å²) in [5, 5.41) is -0.441. The molecule has 0 radical (unpaired) electrons. The highest BCUT2D eigenvalue weighted by Crippen LogP contribution is 2.46. The Morgan fingerprint density at radius 3 is 2.43 bits per heavy atom. The molecule has 150 valence electrons. The molecule has 0 saturated carbocycles. The zero-order valence-electron chi connectivity index (χ0n) is 17.1. The van der Waals surface area contributed by atoms with Gasteiger partial charge in [0, 0.05) is 0 Å². The predicted molar refractivity (Wildman–Crippen MR) is 111 cm³/mol. The zero-order chi connectivity index (χ0) is 20.7. The van der Waals surface area contributed by atoms with Gasteiger partial charge in [0.25, 0.3) is 11.1 Å². The van der Waals surface area contributed by atoms with Crippen molar-refractivity contribution in [3.05, 3.63) is 39.8 Å². The first-order chi connectivity index (χ1) is 13.0. The van der Waals surface area contributed by atoms with Crippen molar-refractivity contribution in [1.29, 1.82) is 0 Å². The molecular weight excluding hydrogens is 374 g/mol. The van der Waals surface area contributed by atoms with E-state index in [0.29, 0.717) is 4.91 Å². The second-order valence-electron chi connectivity index (χ2n) is 8.65. The van der Waals surface area contributed by atoms with Crippen LogP contribution in [-0.4, -0.2) is 35.2 Å². The maximum absolute atomic E-state index is 12.6. The smallest absolute Gasteiger partial charge is 0.326 e.